The lowest BCUT2D eigenvalue weighted by atomic mass is 10.1. The van der Waals surface area contributed by atoms with E-state index in [4.69, 9.17) is 4.74 Å². The van der Waals surface area contributed by atoms with Gasteiger partial charge < -0.3 is 10.1 Å². The van der Waals surface area contributed by atoms with Crippen LogP contribution < -0.4 is 5.32 Å². The van der Waals surface area contributed by atoms with Crippen LogP contribution in [0.2, 0.25) is 0 Å². The number of hydrogen-bond donors (Lipinski definition) is 1. The zero-order valence-corrected chi connectivity index (χ0v) is 12.1. The Morgan fingerprint density at radius 2 is 1.80 bits per heavy atom. The molecule has 0 heterocycles. The number of anilines is 1. The second-order valence-corrected chi connectivity index (χ2v) is 4.81. The molecule has 0 spiro atoms. The summed E-state index contributed by atoms with van der Waals surface area (Å²) in [6, 6.07) is 14.0. The van der Waals surface area contributed by atoms with Crippen LogP contribution in [0.1, 0.15) is 27.0 Å². The smallest absolute Gasteiger partial charge is 0.338 e. The summed E-state index contributed by atoms with van der Waals surface area (Å²) in [5.41, 5.74) is 4.91. The second-order valence-electron chi connectivity index (χ2n) is 4.81. The van der Waals surface area contributed by atoms with Crippen LogP contribution >= 0.6 is 0 Å². The van der Waals surface area contributed by atoms with Gasteiger partial charge in [-0.25, -0.2) is 4.79 Å². The van der Waals surface area contributed by atoms with E-state index in [1.165, 1.54) is 18.2 Å². The minimum Gasteiger partial charge on any atom is -0.465 e. The predicted octanol–water partition coefficient (Wildman–Crippen LogP) is 3.70. The fourth-order valence-corrected chi connectivity index (χ4v) is 2.06. The topological polar surface area (TPSA) is 38.3 Å². The van der Waals surface area contributed by atoms with Crippen molar-refractivity contribution in [1.82, 2.24) is 0 Å². The Hall–Kier alpha value is -2.29. The molecule has 0 bridgehead atoms. The number of methoxy groups -OCH3 is 1. The number of esters is 1. The fourth-order valence-electron chi connectivity index (χ4n) is 2.06. The summed E-state index contributed by atoms with van der Waals surface area (Å²) < 4.78 is 4.78. The zero-order chi connectivity index (χ0) is 14.5. The molecule has 0 unspecified atom stereocenters. The van der Waals surface area contributed by atoms with Crippen molar-refractivity contribution in [1.29, 1.82) is 0 Å². The summed E-state index contributed by atoms with van der Waals surface area (Å²) in [6.07, 6.45) is 0. The highest BCUT2D eigenvalue weighted by Gasteiger charge is 2.11. The molecule has 104 valence electrons. The summed E-state index contributed by atoms with van der Waals surface area (Å²) in [6.45, 7) is 4.72. The number of rotatable bonds is 4. The van der Waals surface area contributed by atoms with Gasteiger partial charge in [-0.2, -0.15) is 0 Å². The Kier molecular flexibility index (Phi) is 4.41. The Morgan fingerprint density at radius 1 is 1.10 bits per heavy atom. The molecule has 20 heavy (non-hydrogen) atoms. The lowest BCUT2D eigenvalue weighted by Crippen LogP contribution is -2.07. The molecule has 0 amide bonds. The molecule has 0 aromatic heterocycles. The van der Waals surface area contributed by atoms with E-state index in [2.05, 4.69) is 36.5 Å². The molecule has 0 saturated carbocycles. The lowest BCUT2D eigenvalue weighted by Gasteiger charge is -2.12. The van der Waals surface area contributed by atoms with Gasteiger partial charge >= 0.3 is 5.97 Å². The molecule has 0 aliphatic carbocycles. The molecule has 0 saturated heterocycles. The highest BCUT2D eigenvalue weighted by atomic mass is 16.5. The van der Waals surface area contributed by atoms with Gasteiger partial charge in [0.05, 0.1) is 12.7 Å². The molecule has 0 aliphatic rings. The van der Waals surface area contributed by atoms with Gasteiger partial charge in [0.15, 0.2) is 0 Å². The van der Waals surface area contributed by atoms with Gasteiger partial charge in [0, 0.05) is 12.2 Å². The molecule has 0 fully saturated rings. The first kappa shape index (κ1) is 14.1. The number of aryl methyl sites for hydroxylation is 1. The first-order valence-electron chi connectivity index (χ1n) is 6.59. The van der Waals surface area contributed by atoms with Crippen LogP contribution in [-0.4, -0.2) is 13.1 Å². The van der Waals surface area contributed by atoms with Crippen molar-refractivity contribution < 1.29 is 9.53 Å². The highest BCUT2D eigenvalue weighted by Crippen LogP contribution is 2.20. The van der Waals surface area contributed by atoms with Crippen molar-refractivity contribution in [3.8, 4) is 0 Å². The molecule has 2 rings (SSSR count). The molecule has 0 aliphatic heterocycles. The minimum absolute atomic E-state index is 0.304. The van der Waals surface area contributed by atoms with E-state index in [0.29, 0.717) is 5.56 Å². The standard InChI is InChI=1S/C17H19NO2/c1-12-7-9-14(10-8-12)11-18-16-6-4-5-15(13(16)2)17(19)20-3/h4-10,18H,11H2,1-3H3. The average molecular weight is 269 g/mol. The SMILES string of the molecule is COC(=O)c1cccc(NCc2ccc(C)cc2)c1C. The van der Waals surface area contributed by atoms with E-state index in [0.717, 1.165) is 17.8 Å². The number of carbonyl (C=O) groups is 1. The van der Waals surface area contributed by atoms with Crippen molar-refractivity contribution in [2.45, 2.75) is 20.4 Å². The van der Waals surface area contributed by atoms with Crippen molar-refractivity contribution >= 4 is 11.7 Å². The van der Waals surface area contributed by atoms with Crippen molar-refractivity contribution in [2.24, 2.45) is 0 Å². The first-order valence-corrected chi connectivity index (χ1v) is 6.59. The maximum absolute atomic E-state index is 11.6. The summed E-state index contributed by atoms with van der Waals surface area (Å²) in [5, 5.41) is 3.36. The second kappa shape index (κ2) is 6.24. The number of ether oxygens (including phenoxy) is 1. The fraction of sp³-hybridized carbons (Fsp3) is 0.235. The highest BCUT2D eigenvalue weighted by molar-refractivity contribution is 5.92. The summed E-state index contributed by atoms with van der Waals surface area (Å²) >= 11 is 0. The minimum atomic E-state index is -0.304. The molecule has 1 N–H and O–H groups in total. The van der Waals surface area contributed by atoms with Gasteiger partial charge in [0.25, 0.3) is 0 Å². The Morgan fingerprint density at radius 3 is 2.45 bits per heavy atom. The molecule has 0 atom stereocenters. The van der Waals surface area contributed by atoms with Crippen LogP contribution in [0.5, 0.6) is 0 Å². The molecule has 3 heteroatoms. The monoisotopic (exact) mass is 269 g/mol. The normalized spacial score (nSPS) is 10.2. The molecular formula is C17H19NO2. The summed E-state index contributed by atoms with van der Waals surface area (Å²) in [4.78, 5) is 11.6. The molecule has 2 aromatic carbocycles. The van der Waals surface area contributed by atoms with E-state index in [9.17, 15) is 4.79 Å². The number of carbonyl (C=O) groups excluding carboxylic acids is 1. The van der Waals surface area contributed by atoms with E-state index in [1.54, 1.807) is 6.07 Å². The third-order valence-corrected chi connectivity index (χ3v) is 3.34. The van der Waals surface area contributed by atoms with Crippen LogP contribution in [0.4, 0.5) is 5.69 Å². The predicted molar refractivity (Wildman–Crippen MR) is 81.0 cm³/mol. The lowest BCUT2D eigenvalue weighted by molar-refractivity contribution is 0.0600. The van der Waals surface area contributed by atoms with Gasteiger partial charge in [0.1, 0.15) is 0 Å². The van der Waals surface area contributed by atoms with Gasteiger partial charge in [-0.3, -0.25) is 0 Å². The molecule has 3 nitrogen and oxygen atoms in total. The van der Waals surface area contributed by atoms with Crippen LogP contribution in [0, 0.1) is 13.8 Å². The number of benzene rings is 2. The Labute approximate surface area is 119 Å². The van der Waals surface area contributed by atoms with Gasteiger partial charge in [0.2, 0.25) is 0 Å². The quantitative estimate of drug-likeness (QED) is 0.860. The van der Waals surface area contributed by atoms with Crippen molar-refractivity contribution in [2.75, 3.05) is 12.4 Å². The van der Waals surface area contributed by atoms with Crippen LogP contribution in [0.25, 0.3) is 0 Å². The van der Waals surface area contributed by atoms with Gasteiger partial charge in [-0.15, -0.1) is 0 Å². The van der Waals surface area contributed by atoms with Crippen molar-refractivity contribution in [3.05, 3.63) is 64.7 Å². The van der Waals surface area contributed by atoms with Crippen LogP contribution in [0.3, 0.4) is 0 Å². The van der Waals surface area contributed by atoms with E-state index >= 15 is 0 Å². The summed E-state index contributed by atoms with van der Waals surface area (Å²) in [5.74, 6) is -0.304. The van der Waals surface area contributed by atoms with Crippen LogP contribution in [0.15, 0.2) is 42.5 Å². The van der Waals surface area contributed by atoms with E-state index < -0.39 is 0 Å². The first-order chi connectivity index (χ1) is 9.61. The summed E-state index contributed by atoms with van der Waals surface area (Å²) in [7, 11) is 1.40. The van der Waals surface area contributed by atoms with Crippen molar-refractivity contribution in [3.63, 3.8) is 0 Å². The molecule has 2 aromatic rings. The van der Waals surface area contributed by atoms with E-state index in [1.807, 2.05) is 19.1 Å². The Balaban J connectivity index is 2.13. The van der Waals surface area contributed by atoms with Crippen LogP contribution in [-0.2, 0) is 11.3 Å². The maximum Gasteiger partial charge on any atom is 0.338 e. The molecule has 0 radical (unpaired) electrons. The maximum atomic E-state index is 11.6. The van der Waals surface area contributed by atoms with Gasteiger partial charge in [-0.05, 0) is 37.1 Å². The largest absolute Gasteiger partial charge is 0.465 e. The Bertz CT molecular complexity index is 603. The number of nitrogens with one attached hydrogen (secondary N) is 1. The third-order valence-electron chi connectivity index (χ3n) is 3.34. The zero-order valence-electron chi connectivity index (χ0n) is 12.1. The van der Waals surface area contributed by atoms with E-state index in [-0.39, 0.29) is 5.97 Å². The third kappa shape index (κ3) is 3.18. The molecular weight excluding hydrogens is 250 g/mol. The van der Waals surface area contributed by atoms with Gasteiger partial charge in [-0.1, -0.05) is 35.9 Å². The number of hydrogen-bond acceptors (Lipinski definition) is 3. The average Bonchev–Trinajstić information content (AvgIpc) is 2.47.